The van der Waals surface area contributed by atoms with Gasteiger partial charge < -0.3 is 5.32 Å². The van der Waals surface area contributed by atoms with Gasteiger partial charge in [-0.1, -0.05) is 18.2 Å². The lowest BCUT2D eigenvalue weighted by atomic mass is 10.1. The van der Waals surface area contributed by atoms with Crippen LogP contribution >= 0.6 is 0 Å². The van der Waals surface area contributed by atoms with E-state index in [1.165, 1.54) is 6.07 Å². The third-order valence-electron chi connectivity index (χ3n) is 4.23. The normalized spacial score (nSPS) is 14.4. The predicted molar refractivity (Wildman–Crippen MR) is 93.5 cm³/mol. The molecule has 0 radical (unpaired) electrons. The Bertz CT molecular complexity index is 816. The van der Waals surface area contributed by atoms with Crippen LogP contribution in [-0.4, -0.2) is 20.6 Å². The van der Waals surface area contributed by atoms with Gasteiger partial charge in [0, 0.05) is 29.8 Å². The van der Waals surface area contributed by atoms with Crippen LogP contribution in [-0.2, 0) is 12.1 Å². The van der Waals surface area contributed by atoms with Crippen molar-refractivity contribution >= 4 is 11.6 Å². The van der Waals surface area contributed by atoms with Crippen molar-refractivity contribution in [1.29, 1.82) is 0 Å². The van der Waals surface area contributed by atoms with Crippen molar-refractivity contribution in [3.05, 3.63) is 57.4 Å². The van der Waals surface area contributed by atoms with E-state index in [0.29, 0.717) is 17.2 Å². The summed E-state index contributed by atoms with van der Waals surface area (Å²) in [6, 6.07) is 8.24. The van der Waals surface area contributed by atoms with Crippen molar-refractivity contribution in [1.82, 2.24) is 15.1 Å². The minimum absolute atomic E-state index is 0.00157. The molecule has 0 unspecified atom stereocenters. The van der Waals surface area contributed by atoms with Gasteiger partial charge in [-0.15, -0.1) is 0 Å². The first-order valence-corrected chi connectivity index (χ1v) is 8.38. The van der Waals surface area contributed by atoms with Gasteiger partial charge in [-0.3, -0.25) is 19.6 Å². The van der Waals surface area contributed by atoms with Crippen molar-refractivity contribution in [2.45, 2.75) is 51.6 Å². The fourth-order valence-electron chi connectivity index (χ4n) is 2.82. The molecule has 0 bridgehead atoms. The summed E-state index contributed by atoms with van der Waals surface area (Å²) in [5.74, 6) is 0.159. The maximum Gasteiger partial charge on any atom is 0.274 e. The summed E-state index contributed by atoms with van der Waals surface area (Å²) in [5, 5.41) is 18.3. The van der Waals surface area contributed by atoms with Gasteiger partial charge in [-0.2, -0.15) is 5.10 Å². The minimum Gasteiger partial charge on any atom is -0.346 e. The quantitative estimate of drug-likeness (QED) is 0.666. The number of rotatable bonds is 5. The molecular weight excluding hydrogens is 320 g/mol. The molecule has 7 heteroatoms. The maximum atomic E-state index is 12.5. The summed E-state index contributed by atoms with van der Waals surface area (Å²) in [4.78, 5) is 23.1. The van der Waals surface area contributed by atoms with Crippen LogP contribution in [0.25, 0.3) is 0 Å². The molecule has 1 aliphatic carbocycles. The second kappa shape index (κ2) is 6.31. The van der Waals surface area contributed by atoms with Crippen molar-refractivity contribution in [3.8, 4) is 0 Å². The summed E-state index contributed by atoms with van der Waals surface area (Å²) < 4.78 is 1.92. The number of aromatic nitrogens is 2. The zero-order chi connectivity index (χ0) is 18.2. The van der Waals surface area contributed by atoms with Gasteiger partial charge in [-0.05, 0) is 39.7 Å². The summed E-state index contributed by atoms with van der Waals surface area (Å²) >= 11 is 0. The Morgan fingerprint density at radius 2 is 2.04 bits per heavy atom. The van der Waals surface area contributed by atoms with E-state index in [2.05, 4.69) is 31.2 Å². The molecule has 132 valence electrons. The van der Waals surface area contributed by atoms with Gasteiger partial charge in [0.1, 0.15) is 5.69 Å². The maximum absolute atomic E-state index is 12.5. The smallest absolute Gasteiger partial charge is 0.274 e. The van der Waals surface area contributed by atoms with Gasteiger partial charge in [0.05, 0.1) is 10.5 Å². The number of benzene rings is 1. The lowest BCUT2D eigenvalue weighted by Crippen LogP contribution is -2.27. The summed E-state index contributed by atoms with van der Waals surface area (Å²) in [5.41, 5.74) is 1.72. The average molecular weight is 342 g/mol. The van der Waals surface area contributed by atoms with Crippen LogP contribution in [0.15, 0.2) is 30.3 Å². The third kappa shape index (κ3) is 3.70. The van der Waals surface area contributed by atoms with Crippen LogP contribution in [0.4, 0.5) is 5.69 Å². The second-order valence-corrected chi connectivity index (χ2v) is 7.38. The molecule has 7 nitrogen and oxygen atoms in total. The van der Waals surface area contributed by atoms with E-state index < -0.39 is 4.92 Å². The molecule has 1 N–H and O–H groups in total. The van der Waals surface area contributed by atoms with Crippen LogP contribution in [0.5, 0.6) is 0 Å². The molecule has 3 rings (SSSR count). The van der Waals surface area contributed by atoms with Gasteiger partial charge in [0.25, 0.3) is 11.6 Å². The Morgan fingerprint density at radius 3 is 2.64 bits per heavy atom. The molecule has 1 aromatic heterocycles. The molecule has 1 amide bonds. The van der Waals surface area contributed by atoms with Crippen LogP contribution in [0.3, 0.4) is 0 Å². The SMILES string of the molecule is CC(C)(C)n1nc(C(=O)NCc2ccccc2[N+](=O)[O-])cc1C1CC1. The monoisotopic (exact) mass is 342 g/mol. The highest BCUT2D eigenvalue weighted by Gasteiger charge is 2.32. The summed E-state index contributed by atoms with van der Waals surface area (Å²) in [6.07, 6.45) is 2.25. The summed E-state index contributed by atoms with van der Waals surface area (Å²) in [6.45, 7) is 6.26. The Labute approximate surface area is 146 Å². The lowest BCUT2D eigenvalue weighted by Gasteiger charge is -2.22. The first kappa shape index (κ1) is 17.1. The van der Waals surface area contributed by atoms with Gasteiger partial charge in [0.15, 0.2) is 0 Å². The first-order chi connectivity index (χ1) is 11.8. The van der Waals surface area contributed by atoms with E-state index in [9.17, 15) is 14.9 Å². The van der Waals surface area contributed by atoms with Crippen LogP contribution < -0.4 is 5.32 Å². The molecule has 0 saturated heterocycles. The molecule has 1 heterocycles. The number of nitrogens with zero attached hydrogens (tertiary/aromatic N) is 3. The molecule has 2 aromatic rings. The second-order valence-electron chi connectivity index (χ2n) is 7.38. The molecule has 0 atom stereocenters. The highest BCUT2D eigenvalue weighted by atomic mass is 16.6. The molecule has 1 saturated carbocycles. The average Bonchev–Trinajstić information content (AvgIpc) is 3.29. The van der Waals surface area contributed by atoms with E-state index in [0.717, 1.165) is 18.5 Å². The van der Waals surface area contributed by atoms with E-state index in [-0.39, 0.29) is 23.7 Å². The molecule has 25 heavy (non-hydrogen) atoms. The van der Waals surface area contributed by atoms with Crippen LogP contribution in [0, 0.1) is 10.1 Å². The van der Waals surface area contributed by atoms with E-state index >= 15 is 0 Å². The number of nitrogens with one attached hydrogen (secondary N) is 1. The van der Waals surface area contributed by atoms with Gasteiger partial charge in [-0.25, -0.2) is 0 Å². The molecular formula is C18H22N4O3. The molecule has 1 aromatic carbocycles. The largest absolute Gasteiger partial charge is 0.346 e. The zero-order valence-electron chi connectivity index (χ0n) is 14.7. The van der Waals surface area contributed by atoms with Crippen molar-refractivity contribution in [2.75, 3.05) is 0 Å². The number of hydrogen-bond acceptors (Lipinski definition) is 4. The minimum atomic E-state index is -0.443. The fourth-order valence-corrected chi connectivity index (χ4v) is 2.82. The predicted octanol–water partition coefficient (Wildman–Crippen LogP) is 3.35. The first-order valence-electron chi connectivity index (χ1n) is 8.38. The number of nitro benzene ring substituents is 1. The number of carbonyl (C=O) groups is 1. The van der Waals surface area contributed by atoms with Gasteiger partial charge >= 0.3 is 0 Å². The van der Waals surface area contributed by atoms with Crippen LogP contribution in [0.1, 0.15) is 61.3 Å². The van der Waals surface area contributed by atoms with E-state index in [1.54, 1.807) is 18.2 Å². The topological polar surface area (TPSA) is 90.1 Å². The van der Waals surface area contributed by atoms with Crippen molar-refractivity contribution in [3.63, 3.8) is 0 Å². The third-order valence-corrected chi connectivity index (χ3v) is 4.23. The highest BCUT2D eigenvalue weighted by Crippen LogP contribution is 2.41. The Hall–Kier alpha value is -2.70. The number of amides is 1. The molecule has 1 aliphatic rings. The number of hydrogen-bond donors (Lipinski definition) is 1. The number of para-hydroxylation sites is 1. The van der Waals surface area contributed by atoms with E-state index in [4.69, 9.17) is 0 Å². The molecule has 0 aliphatic heterocycles. The molecule has 0 spiro atoms. The van der Waals surface area contributed by atoms with E-state index in [1.807, 2.05) is 10.7 Å². The molecule has 1 fully saturated rings. The van der Waals surface area contributed by atoms with Crippen LogP contribution in [0.2, 0.25) is 0 Å². The number of nitro groups is 1. The fraction of sp³-hybridized carbons (Fsp3) is 0.444. The van der Waals surface area contributed by atoms with Crippen molar-refractivity contribution < 1.29 is 9.72 Å². The van der Waals surface area contributed by atoms with Crippen molar-refractivity contribution in [2.24, 2.45) is 0 Å². The highest BCUT2D eigenvalue weighted by molar-refractivity contribution is 5.92. The summed E-state index contributed by atoms with van der Waals surface area (Å²) in [7, 11) is 0. The Balaban J connectivity index is 1.77. The lowest BCUT2D eigenvalue weighted by molar-refractivity contribution is -0.385. The van der Waals surface area contributed by atoms with Gasteiger partial charge in [0.2, 0.25) is 0 Å². The number of carbonyl (C=O) groups excluding carboxylic acids is 1. The Morgan fingerprint density at radius 1 is 1.36 bits per heavy atom. The zero-order valence-corrected chi connectivity index (χ0v) is 14.7. The Kier molecular flexibility index (Phi) is 4.32. The standard InChI is InChI=1S/C18H22N4O3/c1-18(2,3)21-16(12-8-9-12)10-14(20-21)17(23)19-11-13-6-4-5-7-15(13)22(24)25/h4-7,10,12H,8-9,11H2,1-3H3,(H,19,23).